The predicted octanol–water partition coefficient (Wildman–Crippen LogP) is 0.544. The Balaban J connectivity index is 2.43. The van der Waals surface area contributed by atoms with Gasteiger partial charge in [-0.25, -0.2) is 4.79 Å². The van der Waals surface area contributed by atoms with Crippen LogP contribution in [0, 0.1) is 0 Å². The van der Waals surface area contributed by atoms with Crippen LogP contribution in [0.5, 0.6) is 0 Å². The van der Waals surface area contributed by atoms with E-state index >= 15 is 0 Å². The van der Waals surface area contributed by atoms with Crippen molar-refractivity contribution in [1.29, 1.82) is 0 Å². The first kappa shape index (κ1) is 9.64. The molecular formula is C10H10N2O3. The Hall–Kier alpha value is -1.91. The number of amidine groups is 1. The van der Waals surface area contributed by atoms with Crippen molar-refractivity contribution < 1.29 is 14.7 Å². The smallest absolute Gasteiger partial charge is 0.327 e. The standard InChI is InChI=1S/C10H10N2O3/c1-6-3-2-4-12-7(10(14)15)5-8(13)11-9(6)12/h2-4,7H,5H2,1H3,(H,14,15). The number of fused-ring (bicyclic) bond motifs is 1. The molecule has 0 aromatic rings. The molecule has 0 fully saturated rings. The van der Waals surface area contributed by atoms with Gasteiger partial charge in [-0.15, -0.1) is 0 Å². The lowest BCUT2D eigenvalue weighted by molar-refractivity contribution is -0.143. The van der Waals surface area contributed by atoms with Gasteiger partial charge < -0.3 is 10.0 Å². The number of carboxylic acid groups (broad SMARTS) is 1. The van der Waals surface area contributed by atoms with E-state index in [1.54, 1.807) is 25.3 Å². The Morgan fingerprint density at radius 3 is 3.07 bits per heavy atom. The maximum atomic E-state index is 11.2. The van der Waals surface area contributed by atoms with Gasteiger partial charge in [0.1, 0.15) is 11.9 Å². The van der Waals surface area contributed by atoms with Crippen LogP contribution in [-0.4, -0.2) is 33.8 Å². The summed E-state index contributed by atoms with van der Waals surface area (Å²) in [5, 5.41) is 8.98. The van der Waals surface area contributed by atoms with Gasteiger partial charge in [0.2, 0.25) is 5.91 Å². The highest BCUT2D eigenvalue weighted by Crippen LogP contribution is 2.21. The SMILES string of the molecule is CC1=CC=CN2C1=NC(=O)CC2C(=O)O. The molecule has 0 aromatic carbocycles. The normalized spacial score (nSPS) is 24.5. The quantitative estimate of drug-likeness (QED) is 0.680. The molecule has 2 rings (SSSR count). The van der Waals surface area contributed by atoms with Crippen LogP contribution in [0.25, 0.3) is 0 Å². The molecule has 78 valence electrons. The molecule has 0 radical (unpaired) electrons. The van der Waals surface area contributed by atoms with Crippen molar-refractivity contribution in [3.63, 3.8) is 0 Å². The molecule has 1 atom stereocenters. The van der Waals surface area contributed by atoms with Crippen molar-refractivity contribution in [3.05, 3.63) is 23.9 Å². The predicted molar refractivity (Wildman–Crippen MR) is 53.2 cm³/mol. The minimum atomic E-state index is -1.00. The van der Waals surface area contributed by atoms with E-state index in [0.29, 0.717) is 5.84 Å². The van der Waals surface area contributed by atoms with Crippen molar-refractivity contribution >= 4 is 17.7 Å². The minimum Gasteiger partial charge on any atom is -0.480 e. The van der Waals surface area contributed by atoms with Crippen LogP contribution >= 0.6 is 0 Å². The van der Waals surface area contributed by atoms with Gasteiger partial charge >= 0.3 is 5.97 Å². The molecule has 0 aliphatic carbocycles. The zero-order chi connectivity index (χ0) is 11.0. The molecule has 15 heavy (non-hydrogen) atoms. The maximum absolute atomic E-state index is 11.2. The number of carbonyl (C=O) groups is 2. The van der Waals surface area contributed by atoms with Crippen LogP contribution in [0.15, 0.2) is 28.9 Å². The largest absolute Gasteiger partial charge is 0.480 e. The lowest BCUT2D eigenvalue weighted by Gasteiger charge is -2.32. The molecular weight excluding hydrogens is 196 g/mol. The average molecular weight is 206 g/mol. The third-order valence-electron chi connectivity index (χ3n) is 2.41. The summed E-state index contributed by atoms with van der Waals surface area (Å²) in [6.45, 7) is 1.80. The molecule has 5 heteroatoms. The van der Waals surface area contributed by atoms with Crippen LogP contribution < -0.4 is 0 Å². The van der Waals surface area contributed by atoms with E-state index in [0.717, 1.165) is 5.57 Å². The summed E-state index contributed by atoms with van der Waals surface area (Å²) in [6.07, 6.45) is 5.11. The van der Waals surface area contributed by atoms with Crippen molar-refractivity contribution in [1.82, 2.24) is 4.90 Å². The summed E-state index contributed by atoms with van der Waals surface area (Å²) in [7, 11) is 0. The number of carbonyl (C=O) groups excluding carboxylic acids is 1. The molecule has 0 bridgehead atoms. The minimum absolute atomic E-state index is 0.0730. The second kappa shape index (κ2) is 3.34. The van der Waals surface area contributed by atoms with E-state index in [1.165, 1.54) is 4.90 Å². The molecule has 2 aliphatic heterocycles. The van der Waals surface area contributed by atoms with Gasteiger partial charge in [0.25, 0.3) is 0 Å². The zero-order valence-corrected chi connectivity index (χ0v) is 8.17. The number of aliphatic carboxylic acids is 1. The van der Waals surface area contributed by atoms with Crippen molar-refractivity contribution in [2.45, 2.75) is 19.4 Å². The third kappa shape index (κ3) is 1.56. The molecule has 0 saturated heterocycles. The molecule has 2 aliphatic rings. The molecule has 0 spiro atoms. The van der Waals surface area contributed by atoms with Crippen LogP contribution in [0.4, 0.5) is 0 Å². The van der Waals surface area contributed by atoms with Gasteiger partial charge in [-0.2, -0.15) is 4.99 Å². The summed E-state index contributed by atoms with van der Waals surface area (Å²) in [4.78, 5) is 27.6. The number of hydrogen-bond acceptors (Lipinski definition) is 3. The summed E-state index contributed by atoms with van der Waals surface area (Å²) in [5.74, 6) is -0.937. The Labute approximate surface area is 86.4 Å². The van der Waals surface area contributed by atoms with Gasteiger partial charge in [0, 0.05) is 6.20 Å². The van der Waals surface area contributed by atoms with E-state index in [9.17, 15) is 9.59 Å². The van der Waals surface area contributed by atoms with Crippen LogP contribution in [-0.2, 0) is 9.59 Å². The second-order valence-electron chi connectivity index (χ2n) is 3.49. The molecule has 1 N–H and O–H groups in total. The fourth-order valence-corrected chi connectivity index (χ4v) is 1.66. The lowest BCUT2D eigenvalue weighted by Crippen LogP contribution is -2.47. The number of rotatable bonds is 1. The lowest BCUT2D eigenvalue weighted by atomic mass is 10.1. The van der Waals surface area contributed by atoms with Crippen LogP contribution in [0.3, 0.4) is 0 Å². The molecule has 0 aromatic heterocycles. The summed E-state index contributed by atoms with van der Waals surface area (Å²) in [6, 6.07) is -0.829. The van der Waals surface area contributed by atoms with Gasteiger partial charge in [0.05, 0.1) is 6.42 Å². The number of aliphatic imine (C=N–C) groups is 1. The number of carboxylic acids is 1. The zero-order valence-electron chi connectivity index (χ0n) is 8.17. The Kier molecular flexibility index (Phi) is 2.15. The maximum Gasteiger partial charge on any atom is 0.327 e. The first-order valence-electron chi connectivity index (χ1n) is 4.57. The van der Waals surface area contributed by atoms with Crippen molar-refractivity contribution in [2.24, 2.45) is 4.99 Å². The van der Waals surface area contributed by atoms with Crippen LogP contribution in [0.2, 0.25) is 0 Å². The molecule has 0 saturated carbocycles. The number of amides is 1. The van der Waals surface area contributed by atoms with Crippen LogP contribution in [0.1, 0.15) is 13.3 Å². The van der Waals surface area contributed by atoms with Crippen molar-refractivity contribution in [3.8, 4) is 0 Å². The fraction of sp³-hybridized carbons (Fsp3) is 0.300. The summed E-state index contributed by atoms with van der Waals surface area (Å²) in [5.41, 5.74) is 0.803. The molecule has 1 unspecified atom stereocenters. The number of nitrogens with zero attached hydrogens (tertiary/aromatic N) is 2. The second-order valence-corrected chi connectivity index (χ2v) is 3.49. The highest BCUT2D eigenvalue weighted by Gasteiger charge is 2.34. The van der Waals surface area contributed by atoms with Gasteiger partial charge in [-0.3, -0.25) is 4.79 Å². The van der Waals surface area contributed by atoms with E-state index in [-0.39, 0.29) is 12.3 Å². The van der Waals surface area contributed by atoms with Crippen molar-refractivity contribution in [2.75, 3.05) is 0 Å². The highest BCUT2D eigenvalue weighted by molar-refractivity contribution is 6.09. The average Bonchev–Trinajstić information content (AvgIpc) is 2.18. The first-order chi connectivity index (χ1) is 7.09. The van der Waals surface area contributed by atoms with E-state index in [1.807, 2.05) is 0 Å². The van der Waals surface area contributed by atoms with Gasteiger partial charge in [0.15, 0.2) is 0 Å². The topological polar surface area (TPSA) is 70.0 Å². The fourth-order valence-electron chi connectivity index (χ4n) is 1.66. The number of hydrogen-bond donors (Lipinski definition) is 1. The van der Waals surface area contributed by atoms with Gasteiger partial charge in [-0.1, -0.05) is 6.08 Å². The van der Waals surface area contributed by atoms with E-state index in [2.05, 4.69) is 4.99 Å². The Bertz CT molecular complexity index is 420. The Morgan fingerprint density at radius 2 is 2.40 bits per heavy atom. The Morgan fingerprint density at radius 1 is 1.67 bits per heavy atom. The first-order valence-corrected chi connectivity index (χ1v) is 4.57. The van der Waals surface area contributed by atoms with E-state index in [4.69, 9.17) is 5.11 Å². The van der Waals surface area contributed by atoms with Gasteiger partial charge in [-0.05, 0) is 18.6 Å². The summed E-state index contributed by atoms with van der Waals surface area (Å²) < 4.78 is 0. The summed E-state index contributed by atoms with van der Waals surface area (Å²) >= 11 is 0. The third-order valence-corrected chi connectivity index (χ3v) is 2.41. The number of allylic oxidation sites excluding steroid dienone is 2. The highest BCUT2D eigenvalue weighted by atomic mass is 16.4. The monoisotopic (exact) mass is 206 g/mol. The van der Waals surface area contributed by atoms with E-state index < -0.39 is 12.0 Å². The molecule has 5 nitrogen and oxygen atoms in total. The molecule has 2 heterocycles. The molecule has 1 amide bonds.